The lowest BCUT2D eigenvalue weighted by molar-refractivity contribution is -0.150. The van der Waals surface area contributed by atoms with E-state index in [0.717, 1.165) is 0 Å². The van der Waals surface area contributed by atoms with E-state index in [1.165, 1.54) is 0 Å². The molecule has 2 saturated carbocycles. The zero-order valence-electron chi connectivity index (χ0n) is 6.37. The highest BCUT2D eigenvalue weighted by Crippen LogP contribution is 2.39. The second-order valence-corrected chi connectivity index (χ2v) is 3.53. The molecule has 2 fully saturated rings. The van der Waals surface area contributed by atoms with Crippen LogP contribution in [0.15, 0.2) is 0 Å². The molecule has 1 N–H and O–H groups in total. The third-order valence-electron chi connectivity index (χ3n) is 2.61. The highest BCUT2D eigenvalue weighted by Gasteiger charge is 2.55. The lowest BCUT2D eigenvalue weighted by Gasteiger charge is -2.22. The largest absolute Gasteiger partial charge is 0.381 e. The maximum Gasteiger partial charge on any atom is 0.230 e. The molecule has 2 bridgehead atoms. The highest BCUT2D eigenvalue weighted by molar-refractivity contribution is 6.42. The minimum atomic E-state index is -1.64. The van der Waals surface area contributed by atoms with Crippen molar-refractivity contribution in [3.63, 3.8) is 0 Å². The fourth-order valence-corrected chi connectivity index (χ4v) is 1.96. The van der Waals surface area contributed by atoms with Crippen LogP contribution in [0.2, 0.25) is 0 Å². The van der Waals surface area contributed by atoms with E-state index < -0.39 is 23.1 Å². The van der Waals surface area contributed by atoms with E-state index in [-0.39, 0.29) is 25.0 Å². The van der Waals surface area contributed by atoms with Crippen molar-refractivity contribution >= 4 is 17.3 Å². The van der Waals surface area contributed by atoms with Crippen molar-refractivity contribution in [3.05, 3.63) is 0 Å². The summed E-state index contributed by atoms with van der Waals surface area (Å²) in [6.45, 7) is 0. The van der Waals surface area contributed by atoms with Crippen molar-refractivity contribution in [2.45, 2.75) is 24.9 Å². The second-order valence-electron chi connectivity index (χ2n) is 3.53. The van der Waals surface area contributed by atoms with Crippen LogP contribution in [0.1, 0.15) is 19.3 Å². The van der Waals surface area contributed by atoms with Crippen molar-refractivity contribution in [3.8, 4) is 0 Å². The molecule has 4 heteroatoms. The Morgan fingerprint density at radius 1 is 1.33 bits per heavy atom. The van der Waals surface area contributed by atoms with Gasteiger partial charge in [-0.25, -0.2) is 0 Å². The molecule has 0 saturated heterocycles. The molecule has 0 spiro atoms. The lowest BCUT2D eigenvalue weighted by Crippen LogP contribution is -2.44. The molecule has 2 aliphatic rings. The van der Waals surface area contributed by atoms with E-state index in [1.54, 1.807) is 0 Å². The van der Waals surface area contributed by atoms with E-state index in [1.807, 2.05) is 0 Å². The average molecular weight is 168 g/mol. The summed E-state index contributed by atoms with van der Waals surface area (Å²) in [5, 5.41) is 9.54. The first-order valence-corrected chi connectivity index (χ1v) is 3.86. The molecule has 0 radical (unpaired) electrons. The van der Waals surface area contributed by atoms with Gasteiger partial charge in [-0.05, 0) is 6.42 Å². The Labute approximate surface area is 68.6 Å². The standard InChI is InChI=1S/C8H8O4/c9-5-1-4-2-8(12,7(5)11)3-6(4)10/h4,12H,1-3H2. The van der Waals surface area contributed by atoms with Crippen molar-refractivity contribution in [2.75, 3.05) is 0 Å². The summed E-state index contributed by atoms with van der Waals surface area (Å²) in [6.07, 6.45) is -0.0153. The lowest BCUT2D eigenvalue weighted by atomic mass is 9.84. The monoisotopic (exact) mass is 168 g/mol. The van der Waals surface area contributed by atoms with Crippen LogP contribution in [0.5, 0.6) is 0 Å². The van der Waals surface area contributed by atoms with Gasteiger partial charge in [-0.15, -0.1) is 0 Å². The number of Topliss-reactive ketones (excluding diaryl/α,β-unsaturated/α-hetero) is 3. The molecule has 0 aromatic heterocycles. The smallest absolute Gasteiger partial charge is 0.230 e. The maximum absolute atomic E-state index is 11.1. The summed E-state index contributed by atoms with van der Waals surface area (Å²) in [4.78, 5) is 33.1. The number of fused-ring (bicyclic) bond motifs is 2. The third kappa shape index (κ3) is 0.783. The fourth-order valence-electron chi connectivity index (χ4n) is 1.96. The molecule has 2 aliphatic carbocycles. The molecular weight excluding hydrogens is 160 g/mol. The first kappa shape index (κ1) is 7.61. The maximum atomic E-state index is 11.1. The number of hydrogen-bond acceptors (Lipinski definition) is 4. The van der Waals surface area contributed by atoms with Gasteiger partial charge in [0, 0.05) is 18.8 Å². The predicted molar refractivity (Wildman–Crippen MR) is 37.3 cm³/mol. The quantitative estimate of drug-likeness (QED) is 0.482. The molecule has 4 nitrogen and oxygen atoms in total. The molecule has 12 heavy (non-hydrogen) atoms. The van der Waals surface area contributed by atoms with Crippen LogP contribution in [0.3, 0.4) is 0 Å². The number of carbonyl (C=O) groups excluding carboxylic acids is 3. The number of carbonyl (C=O) groups is 3. The zero-order chi connectivity index (χ0) is 8.93. The molecule has 0 heterocycles. The number of aliphatic hydroxyl groups is 1. The molecule has 0 aliphatic heterocycles. The van der Waals surface area contributed by atoms with Crippen LogP contribution in [0, 0.1) is 5.92 Å². The van der Waals surface area contributed by atoms with Crippen LogP contribution < -0.4 is 0 Å². The van der Waals surface area contributed by atoms with Gasteiger partial charge in [0.05, 0.1) is 0 Å². The summed E-state index contributed by atoms with van der Waals surface area (Å²) in [5.41, 5.74) is -1.64. The Morgan fingerprint density at radius 2 is 2.00 bits per heavy atom. The Kier molecular flexibility index (Phi) is 1.28. The summed E-state index contributed by atoms with van der Waals surface area (Å²) in [7, 11) is 0. The van der Waals surface area contributed by atoms with Crippen LogP contribution in [-0.4, -0.2) is 28.1 Å². The van der Waals surface area contributed by atoms with Crippen molar-refractivity contribution < 1.29 is 19.5 Å². The van der Waals surface area contributed by atoms with Crippen molar-refractivity contribution in [2.24, 2.45) is 5.92 Å². The molecule has 2 atom stereocenters. The Hall–Kier alpha value is -1.03. The summed E-state index contributed by atoms with van der Waals surface area (Å²) < 4.78 is 0. The second kappa shape index (κ2) is 2.01. The molecular formula is C8H8O4. The molecule has 2 unspecified atom stereocenters. The van der Waals surface area contributed by atoms with Gasteiger partial charge < -0.3 is 5.11 Å². The van der Waals surface area contributed by atoms with Gasteiger partial charge in [-0.2, -0.15) is 0 Å². The number of hydrogen-bond donors (Lipinski definition) is 1. The number of ketones is 3. The Balaban J connectivity index is 2.42. The van der Waals surface area contributed by atoms with Crippen LogP contribution >= 0.6 is 0 Å². The predicted octanol–water partition coefficient (Wildman–Crippen LogP) is -0.762. The summed E-state index contributed by atoms with van der Waals surface area (Å²) in [6, 6.07) is 0. The van der Waals surface area contributed by atoms with Gasteiger partial charge in [-0.3, -0.25) is 14.4 Å². The van der Waals surface area contributed by atoms with Gasteiger partial charge in [-0.1, -0.05) is 0 Å². The minimum absolute atomic E-state index is 0.0000231. The van der Waals surface area contributed by atoms with E-state index >= 15 is 0 Å². The van der Waals surface area contributed by atoms with E-state index in [0.29, 0.717) is 0 Å². The molecule has 64 valence electrons. The van der Waals surface area contributed by atoms with Gasteiger partial charge in [0.15, 0.2) is 0 Å². The summed E-state index contributed by atoms with van der Waals surface area (Å²) in [5.74, 6) is -1.93. The Morgan fingerprint density at radius 3 is 2.67 bits per heavy atom. The van der Waals surface area contributed by atoms with Gasteiger partial charge in [0.25, 0.3) is 0 Å². The van der Waals surface area contributed by atoms with Crippen molar-refractivity contribution in [1.82, 2.24) is 0 Å². The van der Waals surface area contributed by atoms with Crippen molar-refractivity contribution in [1.29, 1.82) is 0 Å². The third-order valence-corrected chi connectivity index (χ3v) is 2.61. The van der Waals surface area contributed by atoms with Crippen LogP contribution in [0.25, 0.3) is 0 Å². The van der Waals surface area contributed by atoms with E-state index in [2.05, 4.69) is 0 Å². The minimum Gasteiger partial charge on any atom is -0.381 e. The SMILES string of the molecule is O=C1CC2CC(O)(CC2=O)C1=O. The topological polar surface area (TPSA) is 71.4 Å². The number of rotatable bonds is 0. The van der Waals surface area contributed by atoms with E-state index in [9.17, 15) is 19.5 Å². The van der Waals surface area contributed by atoms with Crippen LogP contribution in [0.4, 0.5) is 0 Å². The Bertz CT molecular complexity index is 293. The summed E-state index contributed by atoms with van der Waals surface area (Å²) >= 11 is 0. The van der Waals surface area contributed by atoms with Gasteiger partial charge in [0.2, 0.25) is 11.6 Å². The van der Waals surface area contributed by atoms with Gasteiger partial charge in [0.1, 0.15) is 11.4 Å². The molecule has 2 rings (SSSR count). The average Bonchev–Trinajstić information content (AvgIpc) is 2.22. The van der Waals surface area contributed by atoms with Crippen LogP contribution in [-0.2, 0) is 14.4 Å². The van der Waals surface area contributed by atoms with E-state index in [4.69, 9.17) is 0 Å². The molecule has 0 aromatic rings. The molecule has 0 amide bonds. The highest BCUT2D eigenvalue weighted by atomic mass is 16.3. The first-order chi connectivity index (χ1) is 5.53. The van der Waals surface area contributed by atoms with Gasteiger partial charge >= 0.3 is 0 Å². The first-order valence-electron chi connectivity index (χ1n) is 3.86. The fraction of sp³-hybridized carbons (Fsp3) is 0.625. The normalized spacial score (nSPS) is 40.8. The molecule has 0 aromatic carbocycles. The zero-order valence-corrected chi connectivity index (χ0v) is 6.37.